The first-order chi connectivity index (χ1) is 19.8. The van der Waals surface area contributed by atoms with E-state index in [1.54, 1.807) is 24.8 Å². The van der Waals surface area contributed by atoms with E-state index in [2.05, 4.69) is 20.3 Å². The van der Waals surface area contributed by atoms with Gasteiger partial charge in [0, 0.05) is 42.2 Å². The molecule has 5 rings (SSSR count). The van der Waals surface area contributed by atoms with Crippen LogP contribution in [0.4, 0.5) is 27.8 Å². The molecule has 0 radical (unpaired) electrons. The number of methoxy groups -OCH3 is 1. The summed E-state index contributed by atoms with van der Waals surface area (Å²) in [5.41, 5.74) is -0.0553. The van der Waals surface area contributed by atoms with E-state index >= 15 is 0 Å². The van der Waals surface area contributed by atoms with Gasteiger partial charge in [-0.3, -0.25) is 14.6 Å². The van der Waals surface area contributed by atoms with E-state index in [1.165, 1.54) is 13.2 Å². The van der Waals surface area contributed by atoms with Gasteiger partial charge in [0.25, 0.3) is 6.47 Å². The second-order valence-corrected chi connectivity index (χ2v) is 10.2. The van der Waals surface area contributed by atoms with Gasteiger partial charge in [0.1, 0.15) is 23.1 Å². The number of carbonyl (C=O) groups excluding carboxylic acids is 1. The first-order valence-electron chi connectivity index (χ1n) is 12.9. The number of ether oxygens (including phenoxy) is 1. The lowest BCUT2D eigenvalue weighted by molar-refractivity contribution is -0.138. The Labute approximate surface area is 237 Å². The van der Waals surface area contributed by atoms with Crippen molar-refractivity contribution in [1.29, 1.82) is 0 Å². The average molecular weight is 594 g/mol. The van der Waals surface area contributed by atoms with Crippen LogP contribution in [0, 0.1) is 18.6 Å². The standard InChI is InChI=1S/C27H26F5N5O2.CH2O2/c1-14(18-10-22(39-3)33-12-21(18)29)25(38)37-7-6-26(13-37)5-4-16-8-19(15(2)35-24(16)36-26)23-20(28)9-17(11-34-23)27(30,31)32;2-1-3/h8-12,14H,4-7,13H2,1-3H3,(H,35,36);1H,(H,2,3)/t14-,26+;/m1./s1. The van der Waals surface area contributed by atoms with Crippen molar-refractivity contribution in [2.24, 2.45) is 0 Å². The van der Waals surface area contributed by atoms with Crippen molar-refractivity contribution in [3.05, 3.63) is 64.6 Å². The Balaban J connectivity index is 0.00000129. The fraction of sp³-hybridized carbons (Fsp3) is 0.393. The van der Waals surface area contributed by atoms with E-state index in [4.69, 9.17) is 14.6 Å². The van der Waals surface area contributed by atoms with Crippen LogP contribution < -0.4 is 10.1 Å². The summed E-state index contributed by atoms with van der Waals surface area (Å²) in [6.45, 7) is 3.92. The van der Waals surface area contributed by atoms with Gasteiger partial charge in [-0.1, -0.05) is 0 Å². The Morgan fingerprint density at radius 2 is 1.88 bits per heavy atom. The lowest BCUT2D eigenvalue weighted by atomic mass is 9.86. The lowest BCUT2D eigenvalue weighted by Crippen LogP contribution is -2.46. The number of hydrogen-bond donors (Lipinski definition) is 2. The number of aromatic nitrogens is 3. The van der Waals surface area contributed by atoms with Crippen LogP contribution in [-0.4, -0.2) is 63.1 Å². The quantitative estimate of drug-likeness (QED) is 0.321. The van der Waals surface area contributed by atoms with E-state index in [1.807, 2.05) is 0 Å². The van der Waals surface area contributed by atoms with Crippen LogP contribution in [0.25, 0.3) is 11.3 Å². The van der Waals surface area contributed by atoms with E-state index in [0.717, 1.165) is 11.8 Å². The van der Waals surface area contributed by atoms with Crippen molar-refractivity contribution < 1.29 is 41.4 Å². The Hall–Kier alpha value is -4.36. The number of rotatable bonds is 4. The molecule has 0 unspecified atom stereocenters. The first-order valence-corrected chi connectivity index (χ1v) is 12.9. The molecule has 14 heteroatoms. The fourth-order valence-corrected chi connectivity index (χ4v) is 5.32. The zero-order chi connectivity index (χ0) is 30.8. The molecule has 1 amide bonds. The minimum atomic E-state index is -4.69. The molecule has 1 spiro atoms. The van der Waals surface area contributed by atoms with Crippen molar-refractivity contribution in [1.82, 2.24) is 19.9 Å². The lowest BCUT2D eigenvalue weighted by Gasteiger charge is -2.36. The monoisotopic (exact) mass is 593 g/mol. The highest BCUT2D eigenvalue weighted by molar-refractivity contribution is 5.84. The SMILES string of the molecule is COc1cc([C@@H](C)C(=O)N2CC[C@@]3(CCc4cc(-c5ncc(C(F)(F)F)cc5F)c(C)nc4N3)C2)c(F)cn1.O=CO. The molecule has 5 heterocycles. The van der Waals surface area contributed by atoms with Gasteiger partial charge in [-0.05, 0) is 50.8 Å². The number of amides is 1. The molecule has 2 aliphatic heterocycles. The highest BCUT2D eigenvalue weighted by Gasteiger charge is 2.43. The van der Waals surface area contributed by atoms with Crippen molar-refractivity contribution in [2.45, 2.75) is 50.7 Å². The third-order valence-electron chi connectivity index (χ3n) is 7.54. The number of carboxylic acid groups (broad SMARTS) is 1. The number of nitrogens with one attached hydrogen (secondary N) is 1. The zero-order valence-electron chi connectivity index (χ0n) is 22.9. The Bertz CT molecular complexity index is 1500. The number of hydrogen-bond acceptors (Lipinski definition) is 7. The smallest absolute Gasteiger partial charge is 0.417 e. The third-order valence-corrected chi connectivity index (χ3v) is 7.54. The second-order valence-electron chi connectivity index (χ2n) is 10.2. The number of aryl methyl sites for hydroxylation is 2. The Kier molecular flexibility index (Phi) is 8.64. The summed E-state index contributed by atoms with van der Waals surface area (Å²) in [7, 11) is 1.42. The topological polar surface area (TPSA) is 118 Å². The van der Waals surface area contributed by atoms with Crippen molar-refractivity contribution >= 4 is 18.2 Å². The summed E-state index contributed by atoms with van der Waals surface area (Å²) in [4.78, 5) is 35.5. The average Bonchev–Trinajstić information content (AvgIpc) is 3.35. The zero-order valence-corrected chi connectivity index (χ0v) is 22.9. The molecule has 224 valence electrons. The van der Waals surface area contributed by atoms with Gasteiger partial charge in [-0.2, -0.15) is 13.2 Å². The van der Waals surface area contributed by atoms with Crippen LogP contribution in [0.2, 0.25) is 0 Å². The molecular formula is C28H28F5N5O4. The molecule has 0 bridgehead atoms. The Morgan fingerprint density at radius 1 is 1.17 bits per heavy atom. The number of likely N-dealkylation sites (tertiary alicyclic amines) is 1. The normalized spacial score (nSPS) is 18.4. The third kappa shape index (κ3) is 6.11. The molecular weight excluding hydrogens is 565 g/mol. The number of halogens is 5. The Morgan fingerprint density at radius 3 is 2.52 bits per heavy atom. The second kappa shape index (κ2) is 11.9. The highest BCUT2D eigenvalue weighted by Crippen LogP contribution is 2.40. The predicted molar refractivity (Wildman–Crippen MR) is 141 cm³/mol. The molecule has 9 nitrogen and oxygen atoms in total. The van der Waals surface area contributed by atoms with Gasteiger partial charge in [0.2, 0.25) is 11.8 Å². The van der Waals surface area contributed by atoms with Crippen LogP contribution in [-0.2, 0) is 22.2 Å². The first kappa shape index (κ1) is 30.6. The van der Waals surface area contributed by atoms with Crippen LogP contribution in [0.15, 0.2) is 30.6 Å². The van der Waals surface area contributed by atoms with Crippen molar-refractivity contribution in [3.63, 3.8) is 0 Å². The molecule has 1 saturated heterocycles. The van der Waals surface area contributed by atoms with Crippen LogP contribution in [0.5, 0.6) is 5.88 Å². The summed E-state index contributed by atoms with van der Waals surface area (Å²) < 4.78 is 72.9. The number of fused-ring (bicyclic) bond motifs is 1. The molecule has 0 aliphatic carbocycles. The molecule has 1 fully saturated rings. The van der Waals surface area contributed by atoms with Gasteiger partial charge in [-0.25, -0.2) is 18.7 Å². The summed E-state index contributed by atoms with van der Waals surface area (Å²) in [5.74, 6) is -1.79. The molecule has 3 aromatic heterocycles. The van der Waals surface area contributed by atoms with Crippen molar-refractivity contribution in [3.8, 4) is 17.1 Å². The maximum atomic E-state index is 14.6. The predicted octanol–water partition coefficient (Wildman–Crippen LogP) is 4.99. The minimum Gasteiger partial charge on any atom is -0.483 e. The maximum absolute atomic E-state index is 14.6. The number of alkyl halides is 3. The van der Waals surface area contributed by atoms with Crippen LogP contribution in [0.1, 0.15) is 48.1 Å². The largest absolute Gasteiger partial charge is 0.483 e. The molecule has 0 saturated carbocycles. The maximum Gasteiger partial charge on any atom is 0.417 e. The molecule has 0 aromatic carbocycles. The molecule has 2 atom stereocenters. The molecule has 3 aromatic rings. The minimum absolute atomic E-state index is 0.192. The number of carbonyl (C=O) groups is 2. The van der Waals surface area contributed by atoms with E-state index in [-0.39, 0.29) is 29.5 Å². The summed E-state index contributed by atoms with van der Waals surface area (Å²) >= 11 is 0. The summed E-state index contributed by atoms with van der Waals surface area (Å²) in [6.07, 6.45) is -1.16. The number of anilines is 1. The number of nitrogens with zero attached hydrogens (tertiary/aromatic N) is 4. The van der Waals surface area contributed by atoms with Crippen LogP contribution >= 0.6 is 0 Å². The molecule has 42 heavy (non-hydrogen) atoms. The molecule has 2 aliphatic rings. The summed E-state index contributed by atoms with van der Waals surface area (Å²) in [6, 6.07) is 3.57. The molecule has 2 N–H and O–H groups in total. The fourth-order valence-electron chi connectivity index (χ4n) is 5.32. The number of pyridine rings is 3. The van der Waals surface area contributed by atoms with Gasteiger partial charge in [0.05, 0.1) is 30.3 Å². The van der Waals surface area contributed by atoms with E-state index in [9.17, 15) is 26.7 Å². The summed E-state index contributed by atoms with van der Waals surface area (Å²) in [5, 5.41) is 10.3. The van der Waals surface area contributed by atoms with Gasteiger partial charge >= 0.3 is 6.18 Å². The van der Waals surface area contributed by atoms with Crippen molar-refractivity contribution in [2.75, 3.05) is 25.5 Å². The van der Waals surface area contributed by atoms with Gasteiger partial charge in [-0.15, -0.1) is 0 Å². The van der Waals surface area contributed by atoms with E-state index in [0.29, 0.717) is 61.7 Å². The van der Waals surface area contributed by atoms with Gasteiger partial charge < -0.3 is 20.1 Å². The van der Waals surface area contributed by atoms with Gasteiger partial charge in [0.15, 0.2) is 0 Å². The highest BCUT2D eigenvalue weighted by atomic mass is 19.4. The van der Waals surface area contributed by atoms with E-state index < -0.39 is 34.8 Å². The van der Waals surface area contributed by atoms with Crippen LogP contribution in [0.3, 0.4) is 0 Å².